The molecule has 0 N–H and O–H groups in total. The van der Waals surface area contributed by atoms with Crippen molar-refractivity contribution >= 4 is 28.4 Å². The molecule has 2 heterocycles. The normalized spacial score (nSPS) is 17.2. The van der Waals surface area contributed by atoms with Crippen LogP contribution < -0.4 is 0 Å². The summed E-state index contributed by atoms with van der Waals surface area (Å²) < 4.78 is 15.4. The fourth-order valence-corrected chi connectivity index (χ4v) is 4.34. The van der Waals surface area contributed by atoms with Gasteiger partial charge in [-0.05, 0) is 43.0 Å². The Balaban J connectivity index is 1.65. The number of carbonyl (C=O) groups is 1. The molecule has 5 heteroatoms. The van der Waals surface area contributed by atoms with Crippen LogP contribution in [0.5, 0.6) is 0 Å². The van der Waals surface area contributed by atoms with E-state index in [1.165, 1.54) is 6.07 Å². The van der Waals surface area contributed by atoms with Gasteiger partial charge in [0.25, 0.3) is 5.91 Å². The maximum absolute atomic E-state index is 13.5. The summed E-state index contributed by atoms with van der Waals surface area (Å²) in [5.41, 5.74) is 2.39. The number of hydrogen-bond donors (Lipinski definition) is 0. The van der Waals surface area contributed by atoms with Crippen LogP contribution in [0.2, 0.25) is 5.02 Å². The van der Waals surface area contributed by atoms with Crippen LogP contribution in [0, 0.1) is 5.82 Å². The highest BCUT2D eigenvalue weighted by atomic mass is 35.5. The van der Waals surface area contributed by atoms with Gasteiger partial charge in [-0.25, -0.2) is 4.39 Å². The molecule has 0 aliphatic carbocycles. The first-order chi connectivity index (χ1) is 12.6. The Kier molecular flexibility index (Phi) is 4.45. The van der Waals surface area contributed by atoms with Crippen LogP contribution in [-0.4, -0.2) is 28.0 Å². The molecule has 1 fully saturated rings. The molecular formula is C21H20ClFN2O. The minimum atomic E-state index is -0.241. The van der Waals surface area contributed by atoms with Gasteiger partial charge in [-0.2, -0.15) is 0 Å². The second-order valence-corrected chi connectivity index (χ2v) is 7.25. The van der Waals surface area contributed by atoms with E-state index in [-0.39, 0.29) is 17.8 Å². The van der Waals surface area contributed by atoms with Gasteiger partial charge in [0, 0.05) is 30.5 Å². The Labute approximate surface area is 157 Å². The molecule has 0 bridgehead atoms. The number of rotatable bonds is 3. The fourth-order valence-electron chi connectivity index (χ4n) is 3.97. The van der Waals surface area contributed by atoms with E-state index >= 15 is 0 Å². The third kappa shape index (κ3) is 2.88. The number of halogens is 2. The van der Waals surface area contributed by atoms with Crippen LogP contribution in [0.15, 0.2) is 48.5 Å². The zero-order valence-corrected chi connectivity index (χ0v) is 15.3. The molecule has 1 aliphatic heterocycles. The summed E-state index contributed by atoms with van der Waals surface area (Å²) in [5.74, 6) is -0.289. The summed E-state index contributed by atoms with van der Waals surface area (Å²) in [7, 11) is 1.87. The van der Waals surface area contributed by atoms with Gasteiger partial charge in [0.05, 0.1) is 5.02 Å². The summed E-state index contributed by atoms with van der Waals surface area (Å²) in [6, 6.07) is 14.4. The smallest absolute Gasteiger partial charge is 0.272 e. The standard InChI is InChI=1S/C21H20ClFN2O/c1-24-18-10-3-2-9-17(18)19(22)20(24)21(26)25-11-5-8-16(25)13-14-6-4-7-15(23)12-14/h2-4,6-7,9-10,12,16H,5,8,11,13H2,1H3. The quantitative estimate of drug-likeness (QED) is 0.649. The van der Waals surface area contributed by atoms with Gasteiger partial charge in [-0.15, -0.1) is 0 Å². The molecule has 1 atom stereocenters. The van der Waals surface area contributed by atoms with Crippen molar-refractivity contribution in [2.75, 3.05) is 6.54 Å². The summed E-state index contributed by atoms with van der Waals surface area (Å²) in [6.45, 7) is 0.705. The van der Waals surface area contributed by atoms with Crippen LogP contribution in [0.4, 0.5) is 4.39 Å². The van der Waals surface area contributed by atoms with Crippen LogP contribution in [0.3, 0.4) is 0 Å². The van der Waals surface area contributed by atoms with E-state index in [1.807, 2.05) is 46.8 Å². The highest BCUT2D eigenvalue weighted by Gasteiger charge is 2.32. The molecule has 1 amide bonds. The van der Waals surface area contributed by atoms with Gasteiger partial charge in [-0.1, -0.05) is 41.9 Å². The Morgan fingerprint density at radius 2 is 2.04 bits per heavy atom. The van der Waals surface area contributed by atoms with Gasteiger partial charge in [0.1, 0.15) is 11.5 Å². The van der Waals surface area contributed by atoms with Gasteiger partial charge in [0.2, 0.25) is 0 Å². The Morgan fingerprint density at radius 3 is 2.81 bits per heavy atom. The number of fused-ring (bicyclic) bond motifs is 1. The number of carbonyl (C=O) groups excluding carboxylic acids is 1. The molecule has 1 saturated heterocycles. The lowest BCUT2D eigenvalue weighted by atomic mass is 10.0. The molecule has 134 valence electrons. The number of nitrogens with zero attached hydrogens (tertiary/aromatic N) is 2. The molecular weight excluding hydrogens is 351 g/mol. The van der Waals surface area contributed by atoms with Crippen molar-refractivity contribution in [1.29, 1.82) is 0 Å². The van der Waals surface area contributed by atoms with E-state index in [0.717, 1.165) is 29.3 Å². The van der Waals surface area contributed by atoms with E-state index in [9.17, 15) is 9.18 Å². The maximum Gasteiger partial charge on any atom is 0.272 e. The summed E-state index contributed by atoms with van der Waals surface area (Å²) in [4.78, 5) is 15.2. The monoisotopic (exact) mass is 370 g/mol. The predicted molar refractivity (Wildman–Crippen MR) is 102 cm³/mol. The van der Waals surface area contributed by atoms with Gasteiger partial charge in [-0.3, -0.25) is 4.79 Å². The van der Waals surface area contributed by atoms with Crippen molar-refractivity contribution < 1.29 is 9.18 Å². The minimum absolute atomic E-state index is 0.0485. The SMILES string of the molecule is Cn1c(C(=O)N2CCCC2Cc2cccc(F)c2)c(Cl)c2ccccc21. The average Bonchev–Trinajstić information content (AvgIpc) is 3.18. The van der Waals surface area contributed by atoms with E-state index in [1.54, 1.807) is 12.1 Å². The number of aromatic nitrogens is 1. The molecule has 4 rings (SSSR count). The number of amides is 1. The third-order valence-electron chi connectivity index (χ3n) is 5.25. The van der Waals surface area contributed by atoms with Crippen molar-refractivity contribution in [1.82, 2.24) is 9.47 Å². The zero-order valence-electron chi connectivity index (χ0n) is 14.6. The van der Waals surface area contributed by atoms with Crippen molar-refractivity contribution in [3.8, 4) is 0 Å². The number of aryl methyl sites for hydroxylation is 1. The summed E-state index contributed by atoms with van der Waals surface area (Å²) >= 11 is 6.55. The highest BCUT2D eigenvalue weighted by molar-refractivity contribution is 6.38. The largest absolute Gasteiger partial charge is 0.338 e. The molecule has 1 aromatic heterocycles. The predicted octanol–water partition coefficient (Wildman–Crippen LogP) is 4.82. The molecule has 1 aliphatic rings. The highest BCUT2D eigenvalue weighted by Crippen LogP contribution is 2.32. The lowest BCUT2D eigenvalue weighted by Gasteiger charge is -2.25. The average molecular weight is 371 g/mol. The maximum atomic E-state index is 13.5. The Bertz CT molecular complexity index is 942. The van der Waals surface area contributed by atoms with Crippen LogP contribution >= 0.6 is 11.6 Å². The van der Waals surface area contributed by atoms with Crippen molar-refractivity contribution in [2.24, 2.45) is 7.05 Å². The molecule has 3 aromatic rings. The summed E-state index contributed by atoms with van der Waals surface area (Å²) in [5, 5.41) is 1.39. The first-order valence-electron chi connectivity index (χ1n) is 8.84. The number of likely N-dealkylation sites (tertiary alicyclic amines) is 1. The molecule has 3 nitrogen and oxygen atoms in total. The van der Waals surface area contributed by atoms with Crippen molar-refractivity contribution in [3.63, 3.8) is 0 Å². The van der Waals surface area contributed by atoms with Gasteiger partial charge in [0.15, 0.2) is 0 Å². The first kappa shape index (κ1) is 17.1. The lowest BCUT2D eigenvalue weighted by Crippen LogP contribution is -2.37. The van der Waals surface area contributed by atoms with Crippen molar-refractivity contribution in [3.05, 3.63) is 70.6 Å². The molecule has 0 spiro atoms. The second-order valence-electron chi connectivity index (χ2n) is 6.87. The van der Waals surface area contributed by atoms with Crippen molar-refractivity contribution in [2.45, 2.75) is 25.3 Å². The zero-order chi connectivity index (χ0) is 18.3. The van der Waals surface area contributed by atoms with Gasteiger partial charge >= 0.3 is 0 Å². The molecule has 26 heavy (non-hydrogen) atoms. The topological polar surface area (TPSA) is 25.2 Å². The lowest BCUT2D eigenvalue weighted by molar-refractivity contribution is 0.0727. The molecule has 1 unspecified atom stereocenters. The number of hydrogen-bond acceptors (Lipinski definition) is 1. The van der Waals surface area contributed by atoms with Crippen LogP contribution in [-0.2, 0) is 13.5 Å². The van der Waals surface area contributed by atoms with E-state index < -0.39 is 0 Å². The fraction of sp³-hybridized carbons (Fsp3) is 0.286. The first-order valence-corrected chi connectivity index (χ1v) is 9.22. The molecule has 0 saturated carbocycles. The Hall–Kier alpha value is -2.33. The number of benzene rings is 2. The van der Waals surface area contributed by atoms with Crippen LogP contribution in [0.1, 0.15) is 28.9 Å². The number of para-hydroxylation sites is 1. The second kappa shape index (κ2) is 6.76. The third-order valence-corrected chi connectivity index (χ3v) is 5.63. The molecule has 0 radical (unpaired) electrons. The van der Waals surface area contributed by atoms with Gasteiger partial charge < -0.3 is 9.47 Å². The molecule has 2 aromatic carbocycles. The van der Waals surface area contributed by atoms with Crippen LogP contribution in [0.25, 0.3) is 10.9 Å². The summed E-state index contributed by atoms with van der Waals surface area (Å²) in [6.07, 6.45) is 2.53. The Morgan fingerprint density at radius 1 is 1.23 bits per heavy atom. The van der Waals surface area contributed by atoms with E-state index in [0.29, 0.717) is 23.7 Å². The minimum Gasteiger partial charge on any atom is -0.338 e. The van der Waals surface area contributed by atoms with E-state index in [2.05, 4.69) is 0 Å². The van der Waals surface area contributed by atoms with E-state index in [4.69, 9.17) is 11.6 Å².